The molecule has 13 heteroatoms. The first-order valence-electron chi connectivity index (χ1n) is 7.06. The Balaban J connectivity index is 4.35. The number of carboxylic acids is 5. The summed E-state index contributed by atoms with van der Waals surface area (Å²) in [6, 6.07) is 0. The third-order valence-electron chi connectivity index (χ3n) is 3.31. The molecule has 0 heterocycles. The number of carbonyl (C=O) groups is 7. The standard InChI is InChI=1S/C16H10O13/c1-3(2)15(27)29-16(28)9-7(13(23)24)5(11(19)20)4(10(17)18)6(12(21)22)8(9)14(25)26/h1H2,2H3,(H,17,18)(H,19,20)(H,21,22)(H,23,24)(H,25,26). The van der Waals surface area contributed by atoms with E-state index in [0.29, 0.717) is 0 Å². The lowest BCUT2D eigenvalue weighted by Gasteiger charge is -2.17. The van der Waals surface area contributed by atoms with Crippen molar-refractivity contribution in [3.8, 4) is 0 Å². The molecule has 0 aliphatic heterocycles. The van der Waals surface area contributed by atoms with Crippen molar-refractivity contribution < 1.29 is 63.8 Å². The topological polar surface area (TPSA) is 230 Å². The lowest BCUT2D eigenvalue weighted by atomic mass is 9.86. The van der Waals surface area contributed by atoms with Crippen molar-refractivity contribution in [2.75, 3.05) is 0 Å². The van der Waals surface area contributed by atoms with Crippen molar-refractivity contribution in [2.45, 2.75) is 6.92 Å². The van der Waals surface area contributed by atoms with Gasteiger partial charge < -0.3 is 30.3 Å². The van der Waals surface area contributed by atoms with Gasteiger partial charge in [-0.2, -0.15) is 0 Å². The number of esters is 2. The van der Waals surface area contributed by atoms with Crippen molar-refractivity contribution >= 4 is 41.8 Å². The predicted octanol–water partition coefficient (Wildman–Crippen LogP) is 0.437. The highest BCUT2D eigenvalue weighted by Crippen LogP contribution is 2.30. The molecule has 0 atom stereocenters. The number of hydrogen-bond donors (Lipinski definition) is 5. The van der Waals surface area contributed by atoms with E-state index in [-0.39, 0.29) is 0 Å². The normalized spacial score (nSPS) is 9.97. The molecule has 152 valence electrons. The average Bonchev–Trinajstić information content (AvgIpc) is 2.57. The smallest absolute Gasteiger partial charge is 0.347 e. The summed E-state index contributed by atoms with van der Waals surface area (Å²) >= 11 is 0. The molecular formula is C16H10O13. The predicted molar refractivity (Wildman–Crippen MR) is 86.5 cm³/mol. The van der Waals surface area contributed by atoms with Gasteiger partial charge in [0.25, 0.3) is 0 Å². The minimum atomic E-state index is -2.29. The lowest BCUT2D eigenvalue weighted by molar-refractivity contribution is -0.133. The quantitative estimate of drug-likeness (QED) is 0.233. The molecule has 0 saturated carbocycles. The molecular weight excluding hydrogens is 400 g/mol. The van der Waals surface area contributed by atoms with Gasteiger partial charge in [0.1, 0.15) is 0 Å². The minimum Gasteiger partial charge on any atom is -0.478 e. The Morgan fingerprint density at radius 2 is 0.828 bits per heavy atom. The number of benzene rings is 1. The number of carboxylic acid groups (broad SMARTS) is 5. The number of aromatic carboxylic acids is 5. The summed E-state index contributed by atoms with van der Waals surface area (Å²) in [4.78, 5) is 81.5. The van der Waals surface area contributed by atoms with Crippen molar-refractivity contribution in [3.05, 3.63) is 45.5 Å². The first kappa shape index (κ1) is 22.5. The van der Waals surface area contributed by atoms with Crippen LogP contribution >= 0.6 is 0 Å². The Bertz CT molecular complexity index is 975. The van der Waals surface area contributed by atoms with Crippen molar-refractivity contribution in [3.63, 3.8) is 0 Å². The van der Waals surface area contributed by atoms with Gasteiger partial charge in [0.05, 0.1) is 33.4 Å². The number of rotatable bonds is 7. The van der Waals surface area contributed by atoms with Gasteiger partial charge in [0, 0.05) is 5.57 Å². The Hall–Kier alpha value is -4.55. The first-order chi connectivity index (χ1) is 13.2. The molecule has 0 radical (unpaired) electrons. The molecule has 0 saturated heterocycles. The molecule has 1 aromatic carbocycles. The van der Waals surface area contributed by atoms with Crippen molar-refractivity contribution in [1.29, 1.82) is 0 Å². The molecule has 0 bridgehead atoms. The maximum atomic E-state index is 12.3. The monoisotopic (exact) mass is 410 g/mol. The molecule has 0 spiro atoms. The zero-order valence-electron chi connectivity index (χ0n) is 14.2. The molecule has 29 heavy (non-hydrogen) atoms. The van der Waals surface area contributed by atoms with Gasteiger partial charge in [0.2, 0.25) is 0 Å². The molecule has 5 N–H and O–H groups in total. The molecule has 1 rings (SSSR count). The summed E-state index contributed by atoms with van der Waals surface area (Å²) in [5.41, 5.74) is -10.5. The average molecular weight is 410 g/mol. The van der Waals surface area contributed by atoms with Gasteiger partial charge in [-0.05, 0) is 6.92 Å². The SMILES string of the molecule is C=C(C)C(=O)OC(=O)c1c(C(=O)O)c(C(=O)O)c(C(=O)O)c(C(=O)O)c1C(=O)O. The van der Waals surface area contributed by atoms with Crippen LogP contribution in [0.15, 0.2) is 12.2 Å². The van der Waals surface area contributed by atoms with E-state index in [9.17, 15) is 59.1 Å². The van der Waals surface area contributed by atoms with Crippen LogP contribution in [0.4, 0.5) is 0 Å². The van der Waals surface area contributed by atoms with E-state index >= 15 is 0 Å². The number of hydrogen-bond acceptors (Lipinski definition) is 8. The van der Waals surface area contributed by atoms with E-state index in [1.54, 1.807) is 0 Å². The van der Waals surface area contributed by atoms with Crippen LogP contribution in [0.3, 0.4) is 0 Å². The van der Waals surface area contributed by atoms with E-state index in [1.165, 1.54) is 0 Å². The zero-order chi connectivity index (χ0) is 22.8. The van der Waals surface area contributed by atoms with Gasteiger partial charge in [-0.3, -0.25) is 0 Å². The van der Waals surface area contributed by atoms with Gasteiger partial charge in [0.15, 0.2) is 0 Å². The fourth-order valence-electron chi connectivity index (χ4n) is 2.25. The summed E-state index contributed by atoms with van der Waals surface area (Å²) < 4.78 is 4.21. The second-order valence-corrected chi connectivity index (χ2v) is 5.23. The highest BCUT2D eigenvalue weighted by Gasteiger charge is 2.41. The Morgan fingerprint density at radius 3 is 1.03 bits per heavy atom. The largest absolute Gasteiger partial charge is 0.478 e. The maximum absolute atomic E-state index is 12.3. The van der Waals surface area contributed by atoms with E-state index < -0.39 is 80.7 Å². The van der Waals surface area contributed by atoms with E-state index in [0.717, 1.165) is 6.92 Å². The molecule has 1 aromatic rings. The molecule has 0 aliphatic carbocycles. The second-order valence-electron chi connectivity index (χ2n) is 5.23. The van der Waals surface area contributed by atoms with Gasteiger partial charge in [-0.25, -0.2) is 33.6 Å². The zero-order valence-corrected chi connectivity index (χ0v) is 14.2. The van der Waals surface area contributed by atoms with Crippen LogP contribution in [0.25, 0.3) is 0 Å². The summed E-state index contributed by atoms with van der Waals surface area (Å²) in [6.45, 7) is 4.18. The second kappa shape index (κ2) is 7.99. The number of ether oxygens (including phenoxy) is 1. The van der Waals surface area contributed by atoms with Crippen LogP contribution in [0.5, 0.6) is 0 Å². The maximum Gasteiger partial charge on any atom is 0.347 e. The van der Waals surface area contributed by atoms with Gasteiger partial charge >= 0.3 is 41.8 Å². The fourth-order valence-corrected chi connectivity index (χ4v) is 2.25. The third kappa shape index (κ3) is 4.08. The van der Waals surface area contributed by atoms with E-state index in [1.807, 2.05) is 0 Å². The molecule has 13 nitrogen and oxygen atoms in total. The van der Waals surface area contributed by atoms with Crippen LogP contribution < -0.4 is 0 Å². The summed E-state index contributed by atoms with van der Waals surface area (Å²) in [5.74, 6) is -15.0. The highest BCUT2D eigenvalue weighted by molar-refractivity contribution is 6.23. The molecule has 0 unspecified atom stereocenters. The fraction of sp³-hybridized carbons (Fsp3) is 0.0625. The van der Waals surface area contributed by atoms with Crippen LogP contribution in [-0.2, 0) is 9.53 Å². The molecule has 0 aromatic heterocycles. The van der Waals surface area contributed by atoms with Gasteiger partial charge in [-0.1, -0.05) is 6.58 Å². The minimum absolute atomic E-state index is 0.397. The first-order valence-corrected chi connectivity index (χ1v) is 7.06. The third-order valence-corrected chi connectivity index (χ3v) is 3.31. The molecule has 0 aliphatic rings. The van der Waals surface area contributed by atoms with Crippen LogP contribution in [-0.4, -0.2) is 67.3 Å². The Kier molecular flexibility index (Phi) is 6.20. The highest BCUT2D eigenvalue weighted by atomic mass is 16.6. The van der Waals surface area contributed by atoms with Gasteiger partial charge in [-0.15, -0.1) is 0 Å². The molecule has 0 fully saturated rings. The summed E-state index contributed by atoms with van der Waals surface area (Å²) in [7, 11) is 0. The van der Waals surface area contributed by atoms with Crippen molar-refractivity contribution in [1.82, 2.24) is 0 Å². The summed E-state index contributed by atoms with van der Waals surface area (Å²) in [6.07, 6.45) is 0. The van der Waals surface area contributed by atoms with E-state index in [2.05, 4.69) is 11.3 Å². The summed E-state index contributed by atoms with van der Waals surface area (Å²) in [5, 5.41) is 46.4. The van der Waals surface area contributed by atoms with E-state index in [4.69, 9.17) is 0 Å². The lowest BCUT2D eigenvalue weighted by Crippen LogP contribution is -2.29. The Labute approximate surface area is 159 Å². The number of carbonyl (C=O) groups excluding carboxylic acids is 2. The van der Waals surface area contributed by atoms with Crippen molar-refractivity contribution in [2.24, 2.45) is 0 Å². The van der Waals surface area contributed by atoms with Crippen LogP contribution in [0.2, 0.25) is 0 Å². The Morgan fingerprint density at radius 1 is 0.586 bits per heavy atom. The van der Waals surface area contributed by atoms with Crippen LogP contribution in [0.1, 0.15) is 69.1 Å². The van der Waals surface area contributed by atoms with Crippen LogP contribution in [0, 0.1) is 0 Å². The molecule has 0 amide bonds.